The predicted molar refractivity (Wildman–Crippen MR) is 168 cm³/mol. The highest BCUT2D eigenvalue weighted by Gasteiger charge is 2.30. The van der Waals surface area contributed by atoms with Gasteiger partial charge in [-0.15, -0.1) is 0 Å². The Morgan fingerprint density at radius 1 is 0.841 bits per heavy atom. The number of nitrogens with zero attached hydrogens (tertiary/aromatic N) is 1. The van der Waals surface area contributed by atoms with Crippen molar-refractivity contribution in [2.75, 3.05) is 18.4 Å². The van der Waals surface area contributed by atoms with Crippen molar-refractivity contribution in [3.05, 3.63) is 112 Å². The minimum absolute atomic E-state index is 0.0261. The van der Waals surface area contributed by atoms with Gasteiger partial charge >= 0.3 is 5.97 Å². The van der Waals surface area contributed by atoms with E-state index in [1.54, 1.807) is 66.7 Å². The van der Waals surface area contributed by atoms with Crippen LogP contribution in [0.3, 0.4) is 0 Å². The van der Waals surface area contributed by atoms with E-state index < -0.39 is 16.0 Å². The Morgan fingerprint density at radius 2 is 1.45 bits per heavy atom. The molecule has 228 valence electrons. The summed E-state index contributed by atoms with van der Waals surface area (Å²) in [5.74, 6) is 0.374. The molecule has 1 saturated heterocycles. The Morgan fingerprint density at radius 3 is 2.09 bits per heavy atom. The Kier molecular flexibility index (Phi) is 9.75. The molecule has 0 unspecified atom stereocenters. The van der Waals surface area contributed by atoms with Crippen LogP contribution in [-0.2, 0) is 21.2 Å². The van der Waals surface area contributed by atoms with Gasteiger partial charge in [0, 0.05) is 13.1 Å². The zero-order valence-electron chi connectivity index (χ0n) is 23.3. The van der Waals surface area contributed by atoms with E-state index in [9.17, 15) is 23.1 Å². The molecule has 0 radical (unpaired) electrons. The van der Waals surface area contributed by atoms with Crippen LogP contribution in [-0.4, -0.2) is 48.9 Å². The number of hydrogen-bond acceptors (Lipinski definition) is 6. The number of anilines is 1. The number of rotatable bonds is 10. The van der Waals surface area contributed by atoms with Gasteiger partial charge < -0.3 is 19.9 Å². The number of nitrogens with one attached hydrogen (secondary N) is 1. The zero-order chi connectivity index (χ0) is 31.3. The Bertz CT molecular complexity index is 1760. The average molecular weight is 656 g/mol. The van der Waals surface area contributed by atoms with Gasteiger partial charge in [0.2, 0.25) is 15.9 Å². The molecule has 1 heterocycles. The van der Waals surface area contributed by atoms with Crippen LogP contribution in [0.15, 0.2) is 95.9 Å². The Hall–Kier alpha value is -4.09. The van der Waals surface area contributed by atoms with Gasteiger partial charge in [-0.1, -0.05) is 47.5 Å². The molecule has 1 amide bonds. The molecule has 9 nitrogen and oxygen atoms in total. The van der Waals surface area contributed by atoms with Gasteiger partial charge in [0.15, 0.2) is 0 Å². The summed E-state index contributed by atoms with van der Waals surface area (Å²) in [7, 11) is -3.68. The lowest BCUT2D eigenvalue weighted by Gasteiger charge is -2.31. The molecular weight excluding hydrogens is 627 g/mol. The highest BCUT2D eigenvalue weighted by atomic mass is 35.5. The molecule has 0 aromatic heterocycles. The molecule has 1 fully saturated rings. The summed E-state index contributed by atoms with van der Waals surface area (Å²) in [4.78, 5) is 23.9. The molecule has 0 atom stereocenters. The van der Waals surface area contributed by atoms with Crippen molar-refractivity contribution in [2.24, 2.45) is 0 Å². The van der Waals surface area contributed by atoms with Gasteiger partial charge in [0.25, 0.3) is 0 Å². The highest BCUT2D eigenvalue weighted by molar-refractivity contribution is 7.89. The number of carbonyl (C=O) groups is 2. The lowest BCUT2D eigenvalue weighted by Crippen LogP contribution is -2.41. The average Bonchev–Trinajstić information content (AvgIpc) is 3.01. The third-order valence-electron chi connectivity index (χ3n) is 7.01. The highest BCUT2D eigenvalue weighted by Crippen LogP contribution is 2.30. The van der Waals surface area contributed by atoms with Gasteiger partial charge in [-0.2, -0.15) is 4.31 Å². The van der Waals surface area contributed by atoms with E-state index in [1.807, 2.05) is 0 Å². The SMILES string of the molecule is O=C(Cc1ccc(Oc2ccc(OC3CCN(S(=O)(=O)c4ccc(Cl)c(Cl)c4)CC3)cc2)cc1)Nc1ccccc1C(=O)O. The molecular formula is C32H28Cl2N2O7S. The second kappa shape index (κ2) is 13.7. The van der Waals surface area contributed by atoms with E-state index in [2.05, 4.69) is 5.32 Å². The first kappa shape index (κ1) is 31.3. The number of amides is 1. The van der Waals surface area contributed by atoms with Crippen molar-refractivity contribution in [3.63, 3.8) is 0 Å². The number of para-hydroxylation sites is 1. The number of ether oxygens (including phenoxy) is 2. The molecule has 1 aliphatic heterocycles. The van der Waals surface area contributed by atoms with Gasteiger partial charge in [-0.3, -0.25) is 4.79 Å². The van der Waals surface area contributed by atoms with Crippen molar-refractivity contribution < 1.29 is 32.6 Å². The first-order valence-electron chi connectivity index (χ1n) is 13.7. The largest absolute Gasteiger partial charge is 0.490 e. The molecule has 0 spiro atoms. The van der Waals surface area contributed by atoms with Crippen LogP contribution in [0.2, 0.25) is 10.0 Å². The normalized spacial score (nSPS) is 14.1. The van der Waals surface area contributed by atoms with Crippen molar-refractivity contribution in [1.82, 2.24) is 4.31 Å². The van der Waals surface area contributed by atoms with Crippen LogP contribution in [0.4, 0.5) is 5.69 Å². The van der Waals surface area contributed by atoms with Crippen LogP contribution in [0.1, 0.15) is 28.8 Å². The molecule has 4 aromatic rings. The fraction of sp³-hybridized carbons (Fsp3) is 0.188. The number of benzene rings is 4. The topological polar surface area (TPSA) is 122 Å². The number of hydrogen-bond donors (Lipinski definition) is 2. The van der Waals surface area contributed by atoms with Crippen LogP contribution >= 0.6 is 23.2 Å². The Labute approximate surface area is 265 Å². The van der Waals surface area contributed by atoms with E-state index >= 15 is 0 Å². The Balaban J connectivity index is 1.10. The van der Waals surface area contributed by atoms with Crippen LogP contribution in [0.25, 0.3) is 0 Å². The summed E-state index contributed by atoms with van der Waals surface area (Å²) in [6.07, 6.45) is 1.01. The molecule has 44 heavy (non-hydrogen) atoms. The van der Waals surface area contributed by atoms with Crippen LogP contribution in [0, 0.1) is 0 Å². The van der Waals surface area contributed by atoms with Crippen LogP contribution in [0.5, 0.6) is 17.2 Å². The second-order valence-electron chi connectivity index (χ2n) is 10.1. The van der Waals surface area contributed by atoms with E-state index in [4.69, 9.17) is 32.7 Å². The summed E-state index contributed by atoms with van der Waals surface area (Å²) in [6.45, 7) is 0.642. The van der Waals surface area contributed by atoms with Crippen molar-refractivity contribution in [2.45, 2.75) is 30.3 Å². The number of carboxylic acids is 1. The minimum atomic E-state index is -3.68. The molecule has 2 N–H and O–H groups in total. The summed E-state index contributed by atoms with van der Waals surface area (Å²) < 4.78 is 39.4. The predicted octanol–water partition coefficient (Wildman–Crippen LogP) is 6.90. The maximum Gasteiger partial charge on any atom is 0.337 e. The summed E-state index contributed by atoms with van der Waals surface area (Å²) >= 11 is 11.9. The number of carboxylic acid groups (broad SMARTS) is 1. The number of halogens is 2. The number of carbonyl (C=O) groups excluding carboxylic acids is 1. The van der Waals surface area contributed by atoms with Crippen molar-refractivity contribution in [1.29, 1.82) is 0 Å². The maximum absolute atomic E-state index is 13.0. The smallest absolute Gasteiger partial charge is 0.337 e. The van der Waals surface area contributed by atoms with Crippen molar-refractivity contribution >= 4 is 50.8 Å². The fourth-order valence-corrected chi connectivity index (χ4v) is 6.58. The van der Waals surface area contributed by atoms with Gasteiger partial charge in [0.05, 0.1) is 32.6 Å². The van der Waals surface area contributed by atoms with E-state index in [0.717, 1.165) is 5.56 Å². The molecule has 1 aliphatic rings. The van der Waals surface area contributed by atoms with Gasteiger partial charge in [-0.25, -0.2) is 13.2 Å². The minimum Gasteiger partial charge on any atom is -0.490 e. The lowest BCUT2D eigenvalue weighted by atomic mass is 10.1. The van der Waals surface area contributed by atoms with Gasteiger partial charge in [0.1, 0.15) is 23.4 Å². The van der Waals surface area contributed by atoms with E-state index in [1.165, 1.54) is 28.6 Å². The van der Waals surface area contributed by atoms with E-state index in [0.29, 0.717) is 48.2 Å². The monoisotopic (exact) mass is 654 g/mol. The summed E-state index contributed by atoms with van der Waals surface area (Å²) in [5, 5.41) is 12.4. The number of aromatic carboxylic acids is 1. The van der Waals surface area contributed by atoms with E-state index in [-0.39, 0.29) is 39.6 Å². The summed E-state index contributed by atoms with van der Waals surface area (Å²) in [6, 6.07) is 24.7. The zero-order valence-corrected chi connectivity index (χ0v) is 25.6. The third kappa shape index (κ3) is 7.70. The second-order valence-corrected chi connectivity index (χ2v) is 12.8. The third-order valence-corrected chi connectivity index (χ3v) is 9.65. The standard InChI is InChI=1S/C32H28Cl2N2O7S/c33-28-14-13-26(20-29(28)34)44(40,41)36-17-15-25(16-18-36)43-24-11-9-23(10-12-24)42-22-7-5-21(6-8-22)19-31(37)35-30-4-2-1-3-27(30)32(38)39/h1-14,20,25H,15-19H2,(H,35,37)(H,38,39). The quantitative estimate of drug-likeness (QED) is 0.191. The molecule has 0 bridgehead atoms. The van der Waals surface area contributed by atoms with Gasteiger partial charge in [-0.05, 0) is 85.1 Å². The lowest BCUT2D eigenvalue weighted by molar-refractivity contribution is -0.115. The number of piperidine rings is 1. The molecule has 4 aromatic carbocycles. The molecule has 12 heteroatoms. The maximum atomic E-state index is 13.0. The molecule has 0 saturated carbocycles. The number of sulfonamides is 1. The van der Waals surface area contributed by atoms with Crippen molar-refractivity contribution in [3.8, 4) is 17.2 Å². The first-order chi connectivity index (χ1) is 21.1. The molecule has 5 rings (SSSR count). The summed E-state index contributed by atoms with van der Waals surface area (Å²) in [5.41, 5.74) is 1.01. The molecule has 0 aliphatic carbocycles. The fourth-order valence-electron chi connectivity index (χ4n) is 4.73. The van der Waals surface area contributed by atoms with Crippen LogP contribution < -0.4 is 14.8 Å². The first-order valence-corrected chi connectivity index (χ1v) is 15.9.